The lowest BCUT2D eigenvalue weighted by Gasteiger charge is -2.36. The topological polar surface area (TPSA) is 32.3 Å². The minimum atomic E-state index is 0.0205. The second kappa shape index (κ2) is 6.46. The molecular weight excluding hydrogens is 248 g/mol. The molecular formula is C17H32N2O. The highest BCUT2D eigenvalue weighted by molar-refractivity contribution is 5.85. The van der Waals surface area contributed by atoms with E-state index in [9.17, 15) is 4.79 Å². The summed E-state index contributed by atoms with van der Waals surface area (Å²) >= 11 is 0. The van der Waals surface area contributed by atoms with E-state index in [1.54, 1.807) is 0 Å². The summed E-state index contributed by atoms with van der Waals surface area (Å²) < 4.78 is 0. The number of hydrogen-bond donors (Lipinski definition) is 1. The summed E-state index contributed by atoms with van der Waals surface area (Å²) in [6, 6.07) is 0.362. The number of amides is 1. The predicted molar refractivity (Wildman–Crippen MR) is 83.3 cm³/mol. The molecule has 0 bridgehead atoms. The highest BCUT2D eigenvalue weighted by Crippen LogP contribution is 2.35. The normalized spacial score (nSPS) is 31.3. The Morgan fingerprint density at radius 3 is 2.30 bits per heavy atom. The molecule has 1 N–H and O–H groups in total. The third-order valence-corrected chi connectivity index (χ3v) is 5.59. The minimum Gasteiger partial charge on any atom is -0.323 e. The summed E-state index contributed by atoms with van der Waals surface area (Å²) in [5.74, 6) is 1.94. The molecule has 0 aromatic carbocycles. The first kappa shape index (κ1) is 15.8. The highest BCUT2D eigenvalue weighted by atomic mass is 16.2. The molecule has 2 aliphatic rings. The van der Waals surface area contributed by atoms with Crippen LogP contribution in [0.15, 0.2) is 0 Å². The molecule has 0 radical (unpaired) electrons. The Morgan fingerprint density at radius 1 is 1.20 bits per heavy atom. The molecule has 0 aromatic heterocycles. The highest BCUT2D eigenvalue weighted by Gasteiger charge is 2.46. The van der Waals surface area contributed by atoms with E-state index in [-0.39, 0.29) is 12.2 Å². The van der Waals surface area contributed by atoms with Gasteiger partial charge >= 0.3 is 0 Å². The van der Waals surface area contributed by atoms with E-state index in [0.717, 1.165) is 6.42 Å². The maximum atomic E-state index is 12.8. The van der Waals surface area contributed by atoms with Crippen molar-refractivity contribution < 1.29 is 4.79 Å². The van der Waals surface area contributed by atoms with Gasteiger partial charge in [-0.05, 0) is 37.5 Å². The monoisotopic (exact) mass is 280 g/mol. The largest absolute Gasteiger partial charge is 0.323 e. The molecule has 0 spiro atoms. The summed E-state index contributed by atoms with van der Waals surface area (Å²) in [7, 11) is 0. The number of rotatable bonds is 5. The van der Waals surface area contributed by atoms with Crippen LogP contribution in [0.2, 0.25) is 0 Å². The van der Waals surface area contributed by atoms with E-state index >= 15 is 0 Å². The van der Waals surface area contributed by atoms with Gasteiger partial charge in [-0.15, -0.1) is 0 Å². The molecule has 3 heteroatoms. The third kappa shape index (κ3) is 2.88. The number of nitrogens with zero attached hydrogens (tertiary/aromatic N) is 1. The van der Waals surface area contributed by atoms with Crippen molar-refractivity contribution in [3.8, 4) is 0 Å². The molecule has 1 saturated heterocycles. The van der Waals surface area contributed by atoms with Crippen molar-refractivity contribution >= 4 is 5.91 Å². The maximum absolute atomic E-state index is 12.8. The summed E-state index contributed by atoms with van der Waals surface area (Å²) in [5, 5.41) is 3.67. The Kier molecular flexibility index (Phi) is 5.11. The Balaban J connectivity index is 2.20. The standard InChI is InChI=1S/C17H32N2O/c1-6-12(4)13(5)19-16(14-9-7-8-10-14)18-15(11(2)3)17(19)20/h11-16,18H,6-10H2,1-5H3. The van der Waals surface area contributed by atoms with Crippen molar-refractivity contribution in [1.82, 2.24) is 10.2 Å². The molecule has 20 heavy (non-hydrogen) atoms. The lowest BCUT2D eigenvalue weighted by atomic mass is 9.96. The van der Waals surface area contributed by atoms with Crippen molar-refractivity contribution in [3.05, 3.63) is 0 Å². The Morgan fingerprint density at radius 2 is 1.80 bits per heavy atom. The van der Waals surface area contributed by atoms with Gasteiger partial charge in [-0.3, -0.25) is 10.1 Å². The molecule has 0 aromatic rings. The molecule has 1 saturated carbocycles. The lowest BCUT2D eigenvalue weighted by Crippen LogP contribution is -2.49. The SMILES string of the molecule is CCC(C)C(C)N1C(=O)C(C(C)C)NC1C1CCCC1. The van der Waals surface area contributed by atoms with Crippen LogP contribution in [0.4, 0.5) is 0 Å². The average molecular weight is 280 g/mol. The second-order valence-electron chi connectivity index (χ2n) is 7.25. The Bertz CT molecular complexity index is 336. The molecule has 1 aliphatic carbocycles. The zero-order valence-corrected chi connectivity index (χ0v) is 13.9. The van der Waals surface area contributed by atoms with Crippen LogP contribution in [-0.4, -0.2) is 29.1 Å². The van der Waals surface area contributed by atoms with Crippen molar-refractivity contribution in [3.63, 3.8) is 0 Å². The first-order chi connectivity index (χ1) is 9.47. The van der Waals surface area contributed by atoms with E-state index in [2.05, 4.69) is 44.8 Å². The van der Waals surface area contributed by atoms with E-state index in [1.165, 1.54) is 25.7 Å². The van der Waals surface area contributed by atoms with Gasteiger partial charge in [0.15, 0.2) is 0 Å². The molecule has 4 atom stereocenters. The van der Waals surface area contributed by atoms with E-state index < -0.39 is 0 Å². The Labute approximate surface area is 124 Å². The quantitative estimate of drug-likeness (QED) is 0.837. The van der Waals surface area contributed by atoms with Gasteiger partial charge in [0, 0.05) is 6.04 Å². The lowest BCUT2D eigenvalue weighted by molar-refractivity contribution is -0.134. The number of nitrogens with one attached hydrogen (secondary N) is 1. The molecule has 1 amide bonds. The van der Waals surface area contributed by atoms with Crippen molar-refractivity contribution in [2.45, 2.75) is 85.0 Å². The fourth-order valence-electron chi connectivity index (χ4n) is 3.82. The summed E-state index contributed by atoms with van der Waals surface area (Å²) in [6.45, 7) is 11.0. The van der Waals surface area contributed by atoms with Gasteiger partial charge < -0.3 is 4.90 Å². The third-order valence-electron chi connectivity index (χ3n) is 5.59. The second-order valence-corrected chi connectivity index (χ2v) is 7.25. The van der Waals surface area contributed by atoms with Gasteiger partial charge in [0.1, 0.15) is 0 Å². The van der Waals surface area contributed by atoms with Crippen LogP contribution < -0.4 is 5.32 Å². The van der Waals surface area contributed by atoms with Crippen LogP contribution in [0.5, 0.6) is 0 Å². The average Bonchev–Trinajstić information content (AvgIpc) is 3.03. The first-order valence-electron chi connectivity index (χ1n) is 8.55. The fraction of sp³-hybridized carbons (Fsp3) is 0.941. The maximum Gasteiger partial charge on any atom is 0.241 e. The molecule has 1 heterocycles. The van der Waals surface area contributed by atoms with Gasteiger partial charge in [-0.25, -0.2) is 0 Å². The van der Waals surface area contributed by atoms with Gasteiger partial charge in [-0.1, -0.05) is 47.0 Å². The van der Waals surface area contributed by atoms with E-state index in [0.29, 0.717) is 29.7 Å². The molecule has 4 unspecified atom stereocenters. The van der Waals surface area contributed by atoms with Gasteiger partial charge in [0.25, 0.3) is 0 Å². The first-order valence-corrected chi connectivity index (χ1v) is 8.55. The van der Waals surface area contributed by atoms with Crippen LogP contribution in [0.3, 0.4) is 0 Å². The number of carbonyl (C=O) groups is 1. The number of carbonyl (C=O) groups excluding carboxylic acids is 1. The molecule has 1 aliphatic heterocycles. The van der Waals surface area contributed by atoms with Crippen LogP contribution in [0.25, 0.3) is 0 Å². The van der Waals surface area contributed by atoms with E-state index in [1.807, 2.05) is 0 Å². The van der Waals surface area contributed by atoms with Crippen LogP contribution in [0, 0.1) is 17.8 Å². The van der Waals surface area contributed by atoms with Gasteiger partial charge in [-0.2, -0.15) is 0 Å². The zero-order valence-electron chi connectivity index (χ0n) is 13.9. The summed E-state index contributed by atoms with van der Waals surface area (Å²) in [6.07, 6.45) is 6.62. The van der Waals surface area contributed by atoms with Gasteiger partial charge in [0.2, 0.25) is 5.91 Å². The van der Waals surface area contributed by atoms with Crippen LogP contribution in [-0.2, 0) is 4.79 Å². The summed E-state index contributed by atoms with van der Waals surface area (Å²) in [4.78, 5) is 15.0. The van der Waals surface area contributed by atoms with Crippen LogP contribution in [0.1, 0.15) is 66.7 Å². The summed E-state index contributed by atoms with van der Waals surface area (Å²) in [5.41, 5.74) is 0. The molecule has 2 fully saturated rings. The van der Waals surface area contributed by atoms with Crippen LogP contribution >= 0.6 is 0 Å². The smallest absolute Gasteiger partial charge is 0.241 e. The zero-order chi connectivity index (χ0) is 14.9. The molecule has 116 valence electrons. The van der Waals surface area contributed by atoms with Gasteiger partial charge in [0.05, 0.1) is 12.2 Å². The predicted octanol–water partition coefficient (Wildman–Crippen LogP) is 3.39. The van der Waals surface area contributed by atoms with Crippen molar-refractivity contribution in [2.75, 3.05) is 0 Å². The fourth-order valence-corrected chi connectivity index (χ4v) is 3.82. The molecule has 2 rings (SSSR count). The Hall–Kier alpha value is -0.570. The van der Waals surface area contributed by atoms with Crippen molar-refractivity contribution in [2.24, 2.45) is 17.8 Å². The molecule has 3 nitrogen and oxygen atoms in total. The van der Waals surface area contributed by atoms with E-state index in [4.69, 9.17) is 0 Å². The van der Waals surface area contributed by atoms with Crippen molar-refractivity contribution in [1.29, 1.82) is 0 Å². The minimum absolute atomic E-state index is 0.0205. The number of hydrogen-bond acceptors (Lipinski definition) is 2.